The van der Waals surface area contributed by atoms with Crippen molar-refractivity contribution in [3.8, 4) is 0 Å². The summed E-state index contributed by atoms with van der Waals surface area (Å²) in [7, 11) is 0. The van der Waals surface area contributed by atoms with Gasteiger partial charge in [0.15, 0.2) is 0 Å². The minimum Gasteiger partial charge on any atom is -0.396 e. The van der Waals surface area contributed by atoms with Crippen molar-refractivity contribution < 1.29 is 9.18 Å². The van der Waals surface area contributed by atoms with Gasteiger partial charge in [-0.15, -0.1) is 0 Å². The molecule has 0 atom stereocenters. The zero-order valence-electron chi connectivity index (χ0n) is 11.0. The molecule has 0 aliphatic heterocycles. The number of carbonyl (C=O) groups is 1. The molecule has 0 fully saturated rings. The lowest BCUT2D eigenvalue weighted by Gasteiger charge is -2.09. The molecule has 0 bridgehead atoms. The van der Waals surface area contributed by atoms with Gasteiger partial charge in [0, 0.05) is 34.4 Å². The number of nitrogens with zero attached hydrogens (tertiary/aromatic N) is 1. The van der Waals surface area contributed by atoms with E-state index in [0.29, 0.717) is 5.69 Å². The van der Waals surface area contributed by atoms with Crippen molar-refractivity contribution in [2.45, 2.75) is 0 Å². The number of nitrogens with one attached hydrogen (secondary N) is 1. The van der Waals surface area contributed by atoms with E-state index in [2.05, 4.69) is 10.3 Å². The van der Waals surface area contributed by atoms with E-state index < -0.39 is 11.7 Å². The van der Waals surface area contributed by atoms with Gasteiger partial charge in [0.25, 0.3) is 5.91 Å². The Hall–Kier alpha value is -2.95. The lowest BCUT2D eigenvalue weighted by Crippen LogP contribution is -2.12. The Morgan fingerprint density at radius 3 is 2.86 bits per heavy atom. The van der Waals surface area contributed by atoms with Gasteiger partial charge in [0.1, 0.15) is 5.82 Å². The quantitative estimate of drug-likeness (QED) is 0.709. The summed E-state index contributed by atoms with van der Waals surface area (Å²) in [6, 6.07) is 11.3. The van der Waals surface area contributed by atoms with E-state index in [0.717, 1.165) is 16.8 Å². The first-order chi connectivity index (χ1) is 10.1. The van der Waals surface area contributed by atoms with Crippen LogP contribution in [0.1, 0.15) is 10.4 Å². The van der Waals surface area contributed by atoms with Crippen LogP contribution in [0.3, 0.4) is 0 Å². The fourth-order valence-corrected chi connectivity index (χ4v) is 2.09. The Balaban J connectivity index is 1.94. The summed E-state index contributed by atoms with van der Waals surface area (Å²) < 4.78 is 13.4. The first kappa shape index (κ1) is 13.1. The molecule has 5 heteroatoms. The molecule has 4 nitrogen and oxygen atoms in total. The monoisotopic (exact) mass is 281 g/mol. The van der Waals surface area contributed by atoms with E-state index in [1.165, 1.54) is 12.1 Å². The highest BCUT2D eigenvalue weighted by Gasteiger charge is 2.10. The Morgan fingerprint density at radius 1 is 1.19 bits per heavy atom. The molecule has 0 aliphatic rings. The summed E-state index contributed by atoms with van der Waals surface area (Å²) in [6.07, 6.45) is 3.37. The summed E-state index contributed by atoms with van der Waals surface area (Å²) in [4.78, 5) is 16.2. The van der Waals surface area contributed by atoms with Crippen LogP contribution in [0.2, 0.25) is 0 Å². The number of fused-ring (bicyclic) bond motifs is 1. The number of aromatic nitrogens is 1. The van der Waals surface area contributed by atoms with E-state index in [-0.39, 0.29) is 11.3 Å². The average molecular weight is 281 g/mol. The number of carbonyl (C=O) groups excluding carboxylic acids is 1. The molecule has 104 valence electrons. The van der Waals surface area contributed by atoms with Gasteiger partial charge in [0.05, 0.1) is 5.69 Å². The van der Waals surface area contributed by atoms with Gasteiger partial charge in [-0.25, -0.2) is 4.39 Å². The van der Waals surface area contributed by atoms with Gasteiger partial charge in [-0.1, -0.05) is 12.1 Å². The van der Waals surface area contributed by atoms with Crippen LogP contribution in [0.25, 0.3) is 10.8 Å². The molecule has 0 unspecified atom stereocenters. The van der Waals surface area contributed by atoms with Gasteiger partial charge in [0.2, 0.25) is 0 Å². The minimum absolute atomic E-state index is 0.0165. The molecule has 1 amide bonds. The number of nitrogens with two attached hydrogens (primary N) is 1. The maximum Gasteiger partial charge on any atom is 0.255 e. The number of rotatable bonds is 2. The Labute approximate surface area is 120 Å². The third kappa shape index (κ3) is 2.53. The molecule has 2 aromatic carbocycles. The first-order valence-corrected chi connectivity index (χ1v) is 6.34. The topological polar surface area (TPSA) is 68.0 Å². The first-order valence-electron chi connectivity index (χ1n) is 6.34. The van der Waals surface area contributed by atoms with Crippen molar-refractivity contribution in [2.24, 2.45) is 0 Å². The van der Waals surface area contributed by atoms with Crippen LogP contribution in [0.4, 0.5) is 15.8 Å². The molecule has 1 aromatic heterocycles. The van der Waals surface area contributed by atoms with Crippen LogP contribution in [0.15, 0.2) is 54.9 Å². The van der Waals surface area contributed by atoms with E-state index in [4.69, 9.17) is 5.73 Å². The molecule has 1 heterocycles. The number of hydrogen-bond acceptors (Lipinski definition) is 3. The molecule has 3 N–H and O–H groups in total. The molecule has 0 spiro atoms. The molecule has 0 saturated carbocycles. The second kappa shape index (κ2) is 5.20. The summed E-state index contributed by atoms with van der Waals surface area (Å²) in [5.41, 5.74) is 6.28. The molecular formula is C16H12FN3O. The molecule has 0 saturated heterocycles. The normalized spacial score (nSPS) is 10.5. The summed E-state index contributed by atoms with van der Waals surface area (Å²) in [6.45, 7) is 0. The highest BCUT2D eigenvalue weighted by molar-refractivity contribution is 6.09. The van der Waals surface area contributed by atoms with Crippen LogP contribution in [0.5, 0.6) is 0 Å². The largest absolute Gasteiger partial charge is 0.396 e. The van der Waals surface area contributed by atoms with Gasteiger partial charge < -0.3 is 11.1 Å². The van der Waals surface area contributed by atoms with Crippen LogP contribution in [-0.2, 0) is 0 Å². The maximum atomic E-state index is 13.4. The number of nitrogen functional groups attached to an aromatic ring is 1. The van der Waals surface area contributed by atoms with Crippen molar-refractivity contribution in [1.82, 2.24) is 4.98 Å². The van der Waals surface area contributed by atoms with Crippen LogP contribution in [0, 0.1) is 5.82 Å². The minimum atomic E-state index is -0.607. The van der Waals surface area contributed by atoms with Crippen molar-refractivity contribution in [1.29, 1.82) is 0 Å². The number of amides is 1. The number of benzene rings is 2. The maximum absolute atomic E-state index is 13.4. The second-order valence-corrected chi connectivity index (χ2v) is 4.59. The van der Waals surface area contributed by atoms with Gasteiger partial charge in [-0.2, -0.15) is 0 Å². The predicted octanol–water partition coefficient (Wildman–Crippen LogP) is 3.21. The highest BCUT2D eigenvalue weighted by atomic mass is 19.1. The third-order valence-electron chi connectivity index (χ3n) is 3.19. The summed E-state index contributed by atoms with van der Waals surface area (Å²) in [5, 5.41) is 4.56. The van der Waals surface area contributed by atoms with E-state index in [1.54, 1.807) is 18.5 Å². The van der Waals surface area contributed by atoms with Crippen LogP contribution < -0.4 is 11.1 Å². The molecule has 21 heavy (non-hydrogen) atoms. The smallest absolute Gasteiger partial charge is 0.255 e. The Kier molecular flexibility index (Phi) is 3.23. The second-order valence-electron chi connectivity index (χ2n) is 4.59. The molecular weight excluding hydrogens is 269 g/mol. The summed E-state index contributed by atoms with van der Waals surface area (Å²) >= 11 is 0. The highest BCUT2D eigenvalue weighted by Crippen LogP contribution is 2.23. The molecule has 3 aromatic rings. The van der Waals surface area contributed by atoms with Gasteiger partial charge >= 0.3 is 0 Å². The SMILES string of the molecule is Nc1ccc(C(=O)Nc2cccc3cnccc23)cc1F. The van der Waals surface area contributed by atoms with Crippen LogP contribution in [-0.4, -0.2) is 10.9 Å². The van der Waals surface area contributed by atoms with Gasteiger partial charge in [-0.3, -0.25) is 9.78 Å². The number of pyridine rings is 1. The van der Waals surface area contributed by atoms with Crippen molar-refractivity contribution in [3.63, 3.8) is 0 Å². The fraction of sp³-hybridized carbons (Fsp3) is 0. The molecule has 0 radical (unpaired) electrons. The number of hydrogen-bond donors (Lipinski definition) is 2. The lowest BCUT2D eigenvalue weighted by molar-refractivity contribution is 0.102. The zero-order valence-corrected chi connectivity index (χ0v) is 11.0. The van der Waals surface area contributed by atoms with Crippen LogP contribution >= 0.6 is 0 Å². The van der Waals surface area contributed by atoms with Crippen molar-refractivity contribution >= 4 is 28.1 Å². The standard InChI is InChI=1S/C16H12FN3O/c17-13-8-10(4-5-14(13)18)16(21)20-15-3-1-2-11-9-19-7-6-12(11)15/h1-9H,18H2,(H,20,21). The average Bonchev–Trinajstić information content (AvgIpc) is 2.50. The van der Waals surface area contributed by atoms with E-state index in [1.807, 2.05) is 18.2 Å². The third-order valence-corrected chi connectivity index (χ3v) is 3.19. The number of anilines is 2. The number of halogens is 1. The molecule has 3 rings (SSSR count). The van der Waals surface area contributed by atoms with Gasteiger partial charge in [-0.05, 0) is 30.3 Å². The van der Waals surface area contributed by atoms with E-state index >= 15 is 0 Å². The lowest BCUT2D eigenvalue weighted by atomic mass is 10.1. The van der Waals surface area contributed by atoms with E-state index in [9.17, 15) is 9.18 Å². The fourth-order valence-electron chi connectivity index (χ4n) is 2.09. The Morgan fingerprint density at radius 2 is 2.05 bits per heavy atom. The van der Waals surface area contributed by atoms with Crippen molar-refractivity contribution in [2.75, 3.05) is 11.1 Å². The molecule has 0 aliphatic carbocycles. The van der Waals surface area contributed by atoms with Crippen molar-refractivity contribution in [3.05, 3.63) is 66.2 Å². The Bertz CT molecular complexity index is 827. The predicted molar refractivity (Wildman–Crippen MR) is 80.5 cm³/mol. The summed E-state index contributed by atoms with van der Waals surface area (Å²) in [5.74, 6) is -0.997. The zero-order chi connectivity index (χ0) is 14.8.